The van der Waals surface area contributed by atoms with Crippen LogP contribution >= 0.6 is 11.6 Å². The normalized spacial score (nSPS) is 11.2. The molecule has 110 valence electrons. The molecule has 0 bridgehead atoms. The van der Waals surface area contributed by atoms with Crippen molar-refractivity contribution >= 4 is 17.5 Å². The van der Waals surface area contributed by atoms with Gasteiger partial charge in [0.15, 0.2) is 0 Å². The summed E-state index contributed by atoms with van der Waals surface area (Å²) >= 11 is 5.91. The lowest BCUT2D eigenvalue weighted by Gasteiger charge is -2.10. The molecule has 2 N–H and O–H groups in total. The number of ether oxygens (including phenoxy) is 1. The monoisotopic (exact) mass is 315 g/mol. The molecule has 21 heavy (non-hydrogen) atoms. The van der Waals surface area contributed by atoms with E-state index in [2.05, 4.69) is 4.74 Å². The van der Waals surface area contributed by atoms with Gasteiger partial charge in [0.05, 0.1) is 10.6 Å². The van der Waals surface area contributed by atoms with Crippen molar-refractivity contribution in [3.8, 4) is 16.9 Å². The molecule has 0 heterocycles. The smallest absolute Gasteiger partial charge is 0.406 e. The lowest BCUT2D eigenvalue weighted by Crippen LogP contribution is -2.17. The number of nitrogens with two attached hydrogens (primary N) is 1. The van der Waals surface area contributed by atoms with Crippen LogP contribution in [-0.2, 0) is 0 Å². The third-order valence-corrected chi connectivity index (χ3v) is 2.95. The Balaban J connectivity index is 2.36. The third-order valence-electron chi connectivity index (χ3n) is 2.64. The first-order valence-corrected chi connectivity index (χ1v) is 6.09. The number of hydrogen-bond acceptors (Lipinski definition) is 2. The molecule has 0 aliphatic carbocycles. The van der Waals surface area contributed by atoms with E-state index >= 15 is 0 Å². The predicted molar refractivity (Wildman–Crippen MR) is 72.1 cm³/mol. The topological polar surface area (TPSA) is 52.3 Å². The predicted octanol–water partition coefficient (Wildman–Crippen LogP) is 4.00. The van der Waals surface area contributed by atoms with E-state index in [0.717, 1.165) is 0 Å². The fourth-order valence-electron chi connectivity index (χ4n) is 1.77. The van der Waals surface area contributed by atoms with Crippen LogP contribution in [0.15, 0.2) is 42.5 Å². The molecule has 2 aromatic carbocycles. The summed E-state index contributed by atoms with van der Waals surface area (Å²) in [5.41, 5.74) is 6.28. The summed E-state index contributed by atoms with van der Waals surface area (Å²) in [4.78, 5) is 11.1. The first-order chi connectivity index (χ1) is 9.76. The number of rotatable bonds is 3. The SMILES string of the molecule is NC(=O)c1ccc(-c2cccc(OC(F)(F)F)c2)cc1Cl. The van der Waals surface area contributed by atoms with Crippen molar-refractivity contribution in [2.75, 3.05) is 0 Å². The van der Waals surface area contributed by atoms with Gasteiger partial charge in [0, 0.05) is 0 Å². The van der Waals surface area contributed by atoms with Crippen LogP contribution in [0.4, 0.5) is 13.2 Å². The number of hydrogen-bond donors (Lipinski definition) is 1. The molecule has 0 radical (unpaired) electrons. The molecule has 7 heteroatoms. The fraction of sp³-hybridized carbons (Fsp3) is 0.0714. The minimum atomic E-state index is -4.76. The van der Waals surface area contributed by atoms with Gasteiger partial charge in [-0.1, -0.05) is 29.8 Å². The highest BCUT2D eigenvalue weighted by Gasteiger charge is 2.31. The molecule has 0 saturated heterocycles. The van der Waals surface area contributed by atoms with Gasteiger partial charge >= 0.3 is 6.36 Å². The van der Waals surface area contributed by atoms with Gasteiger partial charge in [-0.25, -0.2) is 0 Å². The van der Waals surface area contributed by atoms with Crippen molar-refractivity contribution in [1.29, 1.82) is 0 Å². The highest BCUT2D eigenvalue weighted by Crippen LogP contribution is 2.30. The summed E-state index contributed by atoms with van der Waals surface area (Å²) in [6, 6.07) is 9.84. The summed E-state index contributed by atoms with van der Waals surface area (Å²) in [7, 11) is 0. The van der Waals surface area contributed by atoms with Gasteiger partial charge in [-0.15, -0.1) is 13.2 Å². The molecule has 0 saturated carbocycles. The van der Waals surface area contributed by atoms with Crippen molar-refractivity contribution in [3.05, 3.63) is 53.1 Å². The highest BCUT2D eigenvalue weighted by atomic mass is 35.5. The Morgan fingerprint density at radius 3 is 2.33 bits per heavy atom. The van der Waals surface area contributed by atoms with Crippen LogP contribution in [0.25, 0.3) is 11.1 Å². The van der Waals surface area contributed by atoms with E-state index in [1.165, 1.54) is 30.3 Å². The third kappa shape index (κ3) is 3.88. The Morgan fingerprint density at radius 1 is 1.10 bits per heavy atom. The Kier molecular flexibility index (Phi) is 4.09. The van der Waals surface area contributed by atoms with Gasteiger partial charge in [0.2, 0.25) is 5.91 Å². The van der Waals surface area contributed by atoms with E-state index in [0.29, 0.717) is 11.1 Å². The molecule has 2 aromatic rings. The second-order valence-electron chi connectivity index (χ2n) is 4.13. The van der Waals surface area contributed by atoms with Gasteiger partial charge in [0.1, 0.15) is 5.75 Å². The Morgan fingerprint density at radius 2 is 1.76 bits per heavy atom. The average molecular weight is 316 g/mol. The summed E-state index contributed by atoms with van der Waals surface area (Å²) in [5, 5.41) is 0.127. The number of alkyl halides is 3. The fourth-order valence-corrected chi connectivity index (χ4v) is 2.04. The van der Waals surface area contributed by atoms with Crippen LogP contribution in [0, 0.1) is 0 Å². The average Bonchev–Trinajstić information content (AvgIpc) is 2.36. The van der Waals surface area contributed by atoms with Gasteiger partial charge in [-0.2, -0.15) is 0 Å². The maximum absolute atomic E-state index is 12.2. The molecule has 0 fully saturated rings. The largest absolute Gasteiger partial charge is 0.573 e. The van der Waals surface area contributed by atoms with Crippen LogP contribution in [0.1, 0.15) is 10.4 Å². The summed E-state index contributed by atoms with van der Waals surface area (Å²) in [6.07, 6.45) is -4.76. The zero-order valence-electron chi connectivity index (χ0n) is 10.4. The van der Waals surface area contributed by atoms with Crippen LogP contribution in [-0.4, -0.2) is 12.3 Å². The quantitative estimate of drug-likeness (QED) is 0.930. The van der Waals surface area contributed by atoms with Crippen LogP contribution in [0.2, 0.25) is 5.02 Å². The number of carbonyl (C=O) groups is 1. The maximum Gasteiger partial charge on any atom is 0.573 e. The first kappa shape index (κ1) is 15.2. The standard InChI is InChI=1S/C14H9ClF3NO2/c15-12-7-9(4-5-11(12)13(19)20)8-2-1-3-10(6-8)21-14(16,17)18/h1-7H,(H2,19,20). The molecule has 0 atom stereocenters. The van der Waals surface area contributed by atoms with Crippen molar-refractivity contribution in [1.82, 2.24) is 0 Å². The zero-order valence-corrected chi connectivity index (χ0v) is 11.2. The van der Waals surface area contributed by atoms with Crippen molar-refractivity contribution in [3.63, 3.8) is 0 Å². The molecule has 0 spiro atoms. The lowest BCUT2D eigenvalue weighted by atomic mass is 10.0. The van der Waals surface area contributed by atoms with E-state index in [1.54, 1.807) is 12.1 Å². The van der Waals surface area contributed by atoms with E-state index in [9.17, 15) is 18.0 Å². The minimum Gasteiger partial charge on any atom is -0.406 e. The molecular weight excluding hydrogens is 307 g/mol. The zero-order chi connectivity index (χ0) is 15.6. The van der Waals surface area contributed by atoms with Gasteiger partial charge < -0.3 is 10.5 Å². The van der Waals surface area contributed by atoms with Gasteiger partial charge in [0.25, 0.3) is 0 Å². The second-order valence-corrected chi connectivity index (χ2v) is 4.54. The maximum atomic E-state index is 12.2. The lowest BCUT2D eigenvalue weighted by molar-refractivity contribution is -0.274. The molecule has 0 aliphatic rings. The van der Waals surface area contributed by atoms with E-state index in [-0.39, 0.29) is 16.3 Å². The van der Waals surface area contributed by atoms with Crippen molar-refractivity contribution < 1.29 is 22.7 Å². The summed E-state index contributed by atoms with van der Waals surface area (Å²) in [6.45, 7) is 0. The Labute approximate surface area is 123 Å². The van der Waals surface area contributed by atoms with E-state index in [1.807, 2.05) is 0 Å². The molecule has 3 nitrogen and oxygen atoms in total. The molecule has 0 aromatic heterocycles. The Bertz CT molecular complexity index is 686. The summed E-state index contributed by atoms with van der Waals surface area (Å²) in [5.74, 6) is -1.02. The van der Waals surface area contributed by atoms with Crippen LogP contribution in [0.5, 0.6) is 5.75 Å². The number of primary amides is 1. The van der Waals surface area contributed by atoms with E-state index < -0.39 is 12.3 Å². The second kappa shape index (κ2) is 5.65. The molecule has 2 rings (SSSR count). The molecule has 0 unspecified atom stereocenters. The minimum absolute atomic E-state index is 0.127. The van der Waals surface area contributed by atoms with E-state index in [4.69, 9.17) is 17.3 Å². The highest BCUT2D eigenvalue weighted by molar-refractivity contribution is 6.34. The number of carbonyl (C=O) groups excluding carboxylic acids is 1. The van der Waals surface area contributed by atoms with Crippen molar-refractivity contribution in [2.24, 2.45) is 5.73 Å². The van der Waals surface area contributed by atoms with Gasteiger partial charge in [-0.05, 0) is 35.4 Å². The molecular formula is C14H9ClF3NO2. The summed E-state index contributed by atoms with van der Waals surface area (Å²) < 4.78 is 40.4. The Hall–Kier alpha value is -2.21. The number of halogens is 4. The van der Waals surface area contributed by atoms with Crippen molar-refractivity contribution in [2.45, 2.75) is 6.36 Å². The number of benzene rings is 2. The number of amides is 1. The first-order valence-electron chi connectivity index (χ1n) is 5.72. The molecule has 0 aliphatic heterocycles. The molecule has 1 amide bonds. The van der Waals surface area contributed by atoms with Crippen LogP contribution in [0.3, 0.4) is 0 Å². The van der Waals surface area contributed by atoms with Gasteiger partial charge in [-0.3, -0.25) is 4.79 Å². The van der Waals surface area contributed by atoms with Crippen LogP contribution < -0.4 is 10.5 Å².